The highest BCUT2D eigenvalue weighted by atomic mass is 14.9. The summed E-state index contributed by atoms with van der Waals surface area (Å²) in [5.74, 6) is 6.23. The number of hydrogen-bond donors (Lipinski definition) is 1. The molecule has 1 aromatic carbocycles. The van der Waals surface area contributed by atoms with Gasteiger partial charge in [-0.2, -0.15) is 0 Å². The summed E-state index contributed by atoms with van der Waals surface area (Å²) >= 11 is 0. The fraction of sp³-hybridized carbons (Fsp3) is 0.556. The van der Waals surface area contributed by atoms with Crippen LogP contribution in [0.2, 0.25) is 0 Å². The summed E-state index contributed by atoms with van der Waals surface area (Å²) in [6, 6.07) is 11.6. The van der Waals surface area contributed by atoms with Crippen LogP contribution in [0.4, 0.5) is 0 Å². The van der Waals surface area contributed by atoms with E-state index in [-0.39, 0.29) is 0 Å². The van der Waals surface area contributed by atoms with E-state index in [1.807, 2.05) is 6.92 Å². The van der Waals surface area contributed by atoms with Crippen molar-refractivity contribution in [2.24, 2.45) is 0 Å². The lowest BCUT2D eigenvalue weighted by Gasteiger charge is -2.38. The zero-order valence-electron chi connectivity index (χ0n) is 12.2. The fourth-order valence-electron chi connectivity index (χ4n) is 3.65. The van der Waals surface area contributed by atoms with E-state index in [4.69, 9.17) is 0 Å². The highest BCUT2D eigenvalue weighted by Gasteiger charge is 2.41. The predicted octanol–water partition coefficient (Wildman–Crippen LogP) is 3.89. The van der Waals surface area contributed by atoms with E-state index in [2.05, 4.69) is 54.5 Å². The first kappa shape index (κ1) is 14.2. The summed E-state index contributed by atoms with van der Waals surface area (Å²) in [5, 5.41) is 3.57. The summed E-state index contributed by atoms with van der Waals surface area (Å²) in [6.07, 6.45) is 7.46. The van der Waals surface area contributed by atoms with Gasteiger partial charge in [0, 0.05) is 17.9 Å². The van der Waals surface area contributed by atoms with Gasteiger partial charge in [-0.3, -0.25) is 0 Å². The highest BCUT2D eigenvalue weighted by molar-refractivity contribution is 5.29. The van der Waals surface area contributed by atoms with Crippen molar-refractivity contribution in [1.82, 2.24) is 5.32 Å². The molecule has 1 fully saturated rings. The van der Waals surface area contributed by atoms with Gasteiger partial charge in [0.2, 0.25) is 0 Å². The molecular formula is C18H25N. The minimum Gasteiger partial charge on any atom is -0.316 e. The van der Waals surface area contributed by atoms with Gasteiger partial charge >= 0.3 is 0 Å². The van der Waals surface area contributed by atoms with Gasteiger partial charge in [-0.25, -0.2) is 0 Å². The van der Waals surface area contributed by atoms with Crippen molar-refractivity contribution in [2.45, 2.75) is 56.9 Å². The number of benzene rings is 1. The molecule has 0 heterocycles. The molecule has 1 saturated carbocycles. The Morgan fingerprint density at radius 2 is 1.89 bits per heavy atom. The summed E-state index contributed by atoms with van der Waals surface area (Å²) in [6.45, 7) is 1.93. The summed E-state index contributed by atoms with van der Waals surface area (Å²) in [5.41, 5.74) is 1.84. The zero-order valence-corrected chi connectivity index (χ0v) is 12.2. The van der Waals surface area contributed by atoms with E-state index >= 15 is 0 Å². The molecule has 19 heavy (non-hydrogen) atoms. The van der Waals surface area contributed by atoms with E-state index in [0.717, 1.165) is 12.8 Å². The van der Waals surface area contributed by atoms with Crippen LogP contribution in [-0.4, -0.2) is 13.1 Å². The van der Waals surface area contributed by atoms with Crippen LogP contribution in [0, 0.1) is 11.8 Å². The second-order valence-corrected chi connectivity index (χ2v) is 5.54. The molecule has 1 N–H and O–H groups in total. The maximum Gasteiger partial charge on any atom is 0.0170 e. The Kier molecular flexibility index (Phi) is 5.05. The van der Waals surface area contributed by atoms with Crippen LogP contribution >= 0.6 is 0 Å². The molecule has 2 rings (SSSR count). The lowest BCUT2D eigenvalue weighted by molar-refractivity contribution is 0.297. The molecule has 0 radical (unpaired) electrons. The predicted molar refractivity (Wildman–Crippen MR) is 82.1 cm³/mol. The van der Waals surface area contributed by atoms with Crippen molar-refractivity contribution in [1.29, 1.82) is 0 Å². The second-order valence-electron chi connectivity index (χ2n) is 5.54. The normalized spacial score (nSPS) is 18.6. The van der Waals surface area contributed by atoms with Crippen LogP contribution in [-0.2, 0) is 5.41 Å². The van der Waals surface area contributed by atoms with E-state index in [1.54, 1.807) is 0 Å². The second kappa shape index (κ2) is 6.78. The van der Waals surface area contributed by atoms with Crippen molar-refractivity contribution in [3.05, 3.63) is 35.9 Å². The molecule has 1 nitrogen and oxygen atoms in total. The van der Waals surface area contributed by atoms with E-state index < -0.39 is 0 Å². The topological polar surface area (TPSA) is 12.0 Å². The average molecular weight is 255 g/mol. The Hall–Kier alpha value is -1.26. The van der Waals surface area contributed by atoms with Crippen LogP contribution in [0.3, 0.4) is 0 Å². The maximum absolute atomic E-state index is 3.57. The molecule has 1 unspecified atom stereocenters. The largest absolute Gasteiger partial charge is 0.316 e. The first-order valence-corrected chi connectivity index (χ1v) is 7.46. The molecule has 0 bridgehead atoms. The Morgan fingerprint density at radius 1 is 1.21 bits per heavy atom. The van der Waals surface area contributed by atoms with Crippen LogP contribution in [0.15, 0.2) is 30.3 Å². The molecule has 0 saturated heterocycles. The third-order valence-electron chi connectivity index (χ3n) is 4.59. The van der Waals surface area contributed by atoms with Crippen molar-refractivity contribution in [3.8, 4) is 11.8 Å². The van der Waals surface area contributed by atoms with Gasteiger partial charge in [0.25, 0.3) is 0 Å². The van der Waals surface area contributed by atoms with Gasteiger partial charge in [0.05, 0.1) is 0 Å². The van der Waals surface area contributed by atoms with Crippen molar-refractivity contribution < 1.29 is 0 Å². The number of nitrogens with one attached hydrogen (secondary N) is 1. The van der Waals surface area contributed by atoms with Gasteiger partial charge in [-0.05, 0) is 38.8 Å². The van der Waals surface area contributed by atoms with Gasteiger partial charge in [0.1, 0.15) is 0 Å². The first-order chi connectivity index (χ1) is 9.33. The average Bonchev–Trinajstić information content (AvgIpc) is 2.95. The lowest BCUT2D eigenvalue weighted by atomic mass is 9.71. The first-order valence-electron chi connectivity index (χ1n) is 7.46. The zero-order chi connectivity index (χ0) is 13.6. The third-order valence-corrected chi connectivity index (χ3v) is 4.59. The minimum absolute atomic E-state index is 0.325. The molecule has 1 aliphatic carbocycles. The van der Waals surface area contributed by atoms with Crippen LogP contribution < -0.4 is 5.32 Å². The van der Waals surface area contributed by atoms with Crippen LogP contribution in [0.5, 0.6) is 0 Å². The van der Waals surface area contributed by atoms with Gasteiger partial charge in [0.15, 0.2) is 0 Å². The number of likely N-dealkylation sites (N-methyl/N-ethyl adjacent to an activating group) is 1. The molecular weight excluding hydrogens is 230 g/mol. The van der Waals surface area contributed by atoms with Crippen molar-refractivity contribution in [2.75, 3.05) is 7.05 Å². The van der Waals surface area contributed by atoms with Crippen molar-refractivity contribution in [3.63, 3.8) is 0 Å². The molecule has 102 valence electrons. The smallest absolute Gasteiger partial charge is 0.0170 e. The number of rotatable bonds is 5. The molecule has 0 aromatic heterocycles. The molecule has 1 aromatic rings. The van der Waals surface area contributed by atoms with E-state index in [9.17, 15) is 0 Å². The van der Waals surface area contributed by atoms with Gasteiger partial charge < -0.3 is 5.32 Å². The Morgan fingerprint density at radius 3 is 2.47 bits per heavy atom. The molecule has 1 atom stereocenters. The van der Waals surface area contributed by atoms with Crippen LogP contribution in [0.25, 0.3) is 0 Å². The molecule has 0 amide bonds. The van der Waals surface area contributed by atoms with Gasteiger partial charge in [-0.15, -0.1) is 11.8 Å². The van der Waals surface area contributed by atoms with Crippen molar-refractivity contribution >= 4 is 0 Å². The SMILES string of the molecule is CC#CCCC(NC)C1(c2ccccc2)CCCC1. The quantitative estimate of drug-likeness (QED) is 0.787. The van der Waals surface area contributed by atoms with Gasteiger partial charge in [-0.1, -0.05) is 43.2 Å². The molecule has 0 spiro atoms. The summed E-state index contributed by atoms with van der Waals surface area (Å²) in [7, 11) is 2.10. The Balaban J connectivity index is 2.24. The minimum atomic E-state index is 0.325. The van der Waals surface area contributed by atoms with Crippen LogP contribution in [0.1, 0.15) is 51.0 Å². The monoisotopic (exact) mass is 255 g/mol. The Labute approximate surface area is 117 Å². The highest BCUT2D eigenvalue weighted by Crippen LogP contribution is 2.44. The molecule has 1 aliphatic rings. The summed E-state index contributed by atoms with van der Waals surface area (Å²) < 4.78 is 0. The van der Waals surface area contributed by atoms with E-state index in [1.165, 1.54) is 31.2 Å². The lowest BCUT2D eigenvalue weighted by Crippen LogP contribution is -2.45. The molecule has 1 heteroatoms. The van der Waals surface area contributed by atoms with E-state index in [0.29, 0.717) is 11.5 Å². The number of hydrogen-bond acceptors (Lipinski definition) is 1. The maximum atomic E-state index is 3.57. The molecule has 0 aliphatic heterocycles. The fourth-order valence-corrected chi connectivity index (χ4v) is 3.65. The Bertz CT molecular complexity index is 432. The summed E-state index contributed by atoms with van der Waals surface area (Å²) in [4.78, 5) is 0. The standard InChI is InChI=1S/C18H25N/c1-3-4-6-13-17(19-2)18(14-9-10-15-18)16-11-7-5-8-12-16/h5,7-8,11-12,17,19H,6,9-10,13-15H2,1-2H3. The third kappa shape index (κ3) is 3.01.